The van der Waals surface area contributed by atoms with E-state index < -0.39 is 5.41 Å². The second kappa shape index (κ2) is 5.49. The highest BCUT2D eigenvalue weighted by atomic mass is 79.9. The quantitative estimate of drug-likeness (QED) is 0.640. The van der Waals surface area contributed by atoms with Gasteiger partial charge in [-0.3, -0.25) is 4.79 Å². The number of rotatable bonds is 3. The van der Waals surface area contributed by atoms with Crippen LogP contribution >= 0.6 is 15.9 Å². The van der Waals surface area contributed by atoms with E-state index in [9.17, 15) is 4.79 Å². The maximum absolute atomic E-state index is 13.1. The zero-order valence-corrected chi connectivity index (χ0v) is 15.3. The van der Waals surface area contributed by atoms with Gasteiger partial charge in [0.05, 0.1) is 5.41 Å². The number of anilines is 1. The van der Waals surface area contributed by atoms with E-state index in [1.807, 2.05) is 37.3 Å². The summed E-state index contributed by atoms with van der Waals surface area (Å²) in [5, 5.41) is 4.28. The number of halogens is 1. The van der Waals surface area contributed by atoms with Crippen molar-refractivity contribution in [2.75, 3.05) is 5.32 Å². The first-order valence-electron chi connectivity index (χ1n) is 8.17. The number of nitrogens with one attached hydrogen (secondary N) is 2. The zero-order valence-electron chi connectivity index (χ0n) is 13.7. The molecule has 0 atom stereocenters. The molecular formula is C20H19BrN2O. The van der Waals surface area contributed by atoms with E-state index in [0.29, 0.717) is 0 Å². The SMILES string of the molecule is Cc1cc(NC(=O)C2(c3c(C)[nH]c4ccccc34)CC2)ccc1Br. The molecule has 4 rings (SSSR count). The van der Waals surface area contributed by atoms with E-state index in [1.54, 1.807) is 0 Å². The topological polar surface area (TPSA) is 44.9 Å². The minimum Gasteiger partial charge on any atom is -0.358 e. The number of aromatic amines is 1. The van der Waals surface area contributed by atoms with Gasteiger partial charge in [0.15, 0.2) is 0 Å². The van der Waals surface area contributed by atoms with Crippen LogP contribution in [0.4, 0.5) is 5.69 Å². The Morgan fingerprint density at radius 1 is 1.17 bits per heavy atom. The third kappa shape index (κ3) is 2.37. The maximum atomic E-state index is 13.1. The van der Waals surface area contributed by atoms with Crippen molar-refractivity contribution in [3.05, 3.63) is 63.8 Å². The Kier molecular flexibility index (Phi) is 3.53. The highest BCUT2D eigenvalue weighted by Gasteiger charge is 2.53. The third-order valence-corrected chi connectivity index (χ3v) is 5.86. The molecule has 0 bridgehead atoms. The van der Waals surface area contributed by atoms with Gasteiger partial charge in [-0.2, -0.15) is 0 Å². The van der Waals surface area contributed by atoms with Gasteiger partial charge >= 0.3 is 0 Å². The van der Waals surface area contributed by atoms with Gasteiger partial charge in [0.2, 0.25) is 5.91 Å². The summed E-state index contributed by atoms with van der Waals surface area (Å²) in [7, 11) is 0. The van der Waals surface area contributed by atoms with Crippen molar-refractivity contribution in [3.63, 3.8) is 0 Å². The van der Waals surface area contributed by atoms with Crippen LogP contribution in [0.5, 0.6) is 0 Å². The van der Waals surface area contributed by atoms with E-state index in [1.165, 1.54) is 0 Å². The molecule has 3 aromatic rings. The Balaban J connectivity index is 1.70. The van der Waals surface area contributed by atoms with E-state index in [2.05, 4.69) is 45.3 Å². The molecule has 0 spiro atoms. The van der Waals surface area contributed by atoms with Crippen molar-refractivity contribution in [1.29, 1.82) is 0 Å². The molecule has 1 saturated carbocycles. The lowest BCUT2D eigenvalue weighted by Crippen LogP contribution is -2.28. The van der Waals surface area contributed by atoms with E-state index in [-0.39, 0.29) is 5.91 Å². The lowest BCUT2D eigenvalue weighted by Gasteiger charge is -2.17. The van der Waals surface area contributed by atoms with Crippen molar-refractivity contribution in [1.82, 2.24) is 4.98 Å². The molecule has 0 saturated heterocycles. The number of aromatic nitrogens is 1. The number of hydrogen-bond acceptors (Lipinski definition) is 1. The van der Waals surface area contributed by atoms with Gasteiger partial charge in [-0.05, 0) is 62.1 Å². The Hall–Kier alpha value is -2.07. The number of H-pyrrole nitrogens is 1. The first-order valence-corrected chi connectivity index (χ1v) is 8.96. The van der Waals surface area contributed by atoms with Crippen LogP contribution in [-0.4, -0.2) is 10.9 Å². The first kappa shape index (κ1) is 15.5. The normalized spacial score (nSPS) is 15.5. The van der Waals surface area contributed by atoms with Crippen LogP contribution < -0.4 is 5.32 Å². The molecule has 1 heterocycles. The van der Waals surface area contributed by atoms with Crippen molar-refractivity contribution in [2.24, 2.45) is 0 Å². The van der Waals surface area contributed by atoms with Crippen LogP contribution in [0.2, 0.25) is 0 Å². The molecule has 2 aromatic carbocycles. The Labute approximate surface area is 149 Å². The van der Waals surface area contributed by atoms with Crippen molar-refractivity contribution < 1.29 is 4.79 Å². The van der Waals surface area contributed by atoms with Crippen LogP contribution in [0, 0.1) is 13.8 Å². The molecule has 1 aromatic heterocycles. The lowest BCUT2D eigenvalue weighted by atomic mass is 9.92. The number of carbonyl (C=O) groups excluding carboxylic acids is 1. The van der Waals surface area contributed by atoms with Crippen molar-refractivity contribution in [2.45, 2.75) is 32.1 Å². The third-order valence-electron chi connectivity index (χ3n) is 4.97. The Morgan fingerprint density at radius 2 is 1.92 bits per heavy atom. The molecule has 1 aliphatic rings. The smallest absolute Gasteiger partial charge is 0.235 e. The molecule has 0 unspecified atom stereocenters. The van der Waals surface area contributed by atoms with Crippen LogP contribution in [0.15, 0.2) is 46.9 Å². The fourth-order valence-corrected chi connectivity index (χ4v) is 3.83. The number of fused-ring (bicyclic) bond motifs is 1. The van der Waals surface area contributed by atoms with Gasteiger partial charge in [0.1, 0.15) is 0 Å². The van der Waals surface area contributed by atoms with Gasteiger partial charge in [0.25, 0.3) is 0 Å². The first-order chi connectivity index (χ1) is 11.5. The standard InChI is InChI=1S/C20H19BrN2O/c1-12-11-14(7-8-16(12)21)23-19(24)20(9-10-20)18-13(2)22-17-6-4-3-5-15(17)18/h3-8,11,22H,9-10H2,1-2H3,(H,23,24). The average Bonchev–Trinajstić information content (AvgIpc) is 3.28. The van der Waals surface area contributed by atoms with Crippen LogP contribution in [0.3, 0.4) is 0 Å². The van der Waals surface area contributed by atoms with E-state index >= 15 is 0 Å². The van der Waals surface area contributed by atoms with Gasteiger partial charge in [-0.25, -0.2) is 0 Å². The maximum Gasteiger partial charge on any atom is 0.235 e. The number of carbonyl (C=O) groups is 1. The zero-order chi connectivity index (χ0) is 16.9. The summed E-state index contributed by atoms with van der Waals surface area (Å²) < 4.78 is 1.05. The predicted molar refractivity (Wildman–Crippen MR) is 101 cm³/mol. The summed E-state index contributed by atoms with van der Waals surface area (Å²) in [6.45, 7) is 4.09. The molecular weight excluding hydrogens is 364 g/mol. The summed E-state index contributed by atoms with van der Waals surface area (Å²) in [5.41, 5.74) is 4.92. The number of amides is 1. The van der Waals surface area contributed by atoms with E-state index in [0.717, 1.165) is 50.7 Å². The highest BCUT2D eigenvalue weighted by molar-refractivity contribution is 9.10. The van der Waals surface area contributed by atoms with Gasteiger partial charge in [-0.1, -0.05) is 34.1 Å². The Morgan fingerprint density at radius 3 is 2.62 bits per heavy atom. The van der Waals surface area contributed by atoms with E-state index in [4.69, 9.17) is 0 Å². The number of benzene rings is 2. The van der Waals surface area contributed by atoms with Crippen LogP contribution in [0.1, 0.15) is 29.7 Å². The summed E-state index contributed by atoms with van der Waals surface area (Å²) in [6, 6.07) is 14.1. The molecule has 122 valence electrons. The number of para-hydroxylation sites is 1. The summed E-state index contributed by atoms with van der Waals surface area (Å²) in [4.78, 5) is 16.5. The minimum absolute atomic E-state index is 0.0945. The fraction of sp³-hybridized carbons (Fsp3) is 0.250. The van der Waals surface area contributed by atoms with Gasteiger partial charge in [-0.15, -0.1) is 0 Å². The van der Waals surface area contributed by atoms with Gasteiger partial charge < -0.3 is 10.3 Å². The molecule has 0 aliphatic heterocycles. The average molecular weight is 383 g/mol. The molecule has 4 heteroatoms. The van der Waals surface area contributed by atoms with Crippen LogP contribution in [-0.2, 0) is 10.2 Å². The molecule has 24 heavy (non-hydrogen) atoms. The van der Waals surface area contributed by atoms with Gasteiger partial charge in [0, 0.05) is 26.8 Å². The monoisotopic (exact) mass is 382 g/mol. The molecule has 3 nitrogen and oxygen atoms in total. The van der Waals surface area contributed by atoms with Crippen molar-refractivity contribution in [3.8, 4) is 0 Å². The summed E-state index contributed by atoms with van der Waals surface area (Å²) in [5.74, 6) is 0.0945. The summed E-state index contributed by atoms with van der Waals surface area (Å²) >= 11 is 3.50. The second-order valence-corrected chi connectivity index (χ2v) is 7.53. The second-order valence-electron chi connectivity index (χ2n) is 6.67. The highest BCUT2D eigenvalue weighted by Crippen LogP contribution is 2.52. The summed E-state index contributed by atoms with van der Waals surface area (Å²) in [6.07, 6.45) is 1.80. The molecule has 2 N–H and O–H groups in total. The molecule has 1 fully saturated rings. The predicted octanol–water partition coefficient (Wildman–Crippen LogP) is 5.22. The minimum atomic E-state index is -0.398. The number of hydrogen-bond donors (Lipinski definition) is 2. The fourth-order valence-electron chi connectivity index (χ4n) is 3.58. The Bertz CT molecular complexity index is 953. The largest absolute Gasteiger partial charge is 0.358 e. The molecule has 1 aliphatic carbocycles. The molecule has 0 radical (unpaired) electrons. The van der Waals surface area contributed by atoms with Crippen LogP contribution in [0.25, 0.3) is 10.9 Å². The van der Waals surface area contributed by atoms with Crippen molar-refractivity contribution >= 4 is 38.4 Å². The lowest BCUT2D eigenvalue weighted by molar-refractivity contribution is -0.118. The number of aryl methyl sites for hydroxylation is 2. The molecule has 1 amide bonds.